The fourth-order valence-electron chi connectivity index (χ4n) is 4.38. The third kappa shape index (κ3) is 4.43. The normalized spacial score (nSPS) is 26.9. The summed E-state index contributed by atoms with van der Waals surface area (Å²) in [4.78, 5) is 17.5. The van der Waals surface area contributed by atoms with Gasteiger partial charge in [-0.15, -0.1) is 0 Å². The molecule has 0 spiro atoms. The minimum absolute atomic E-state index is 0.0359. The highest BCUT2D eigenvalue weighted by atomic mass is 28.4. The topological polar surface area (TPSA) is 32.8 Å². The molecular weight excluding hydrogens is 364 g/mol. The number of rotatable bonds is 5. The van der Waals surface area contributed by atoms with Crippen LogP contribution in [-0.4, -0.2) is 63.2 Å². The molecule has 1 aromatic rings. The van der Waals surface area contributed by atoms with Gasteiger partial charge in [0, 0.05) is 44.1 Å². The minimum atomic E-state index is -1.93. The number of Topliss-reactive ketones (excluding diaryl/α,β-unsaturated/α-hetero) is 1. The highest BCUT2D eigenvalue weighted by molar-refractivity contribution is 6.74. The van der Waals surface area contributed by atoms with Gasteiger partial charge in [0.15, 0.2) is 8.32 Å². The Morgan fingerprint density at radius 3 is 2.07 bits per heavy atom. The molecule has 5 heteroatoms. The zero-order valence-electron chi connectivity index (χ0n) is 18.7. The van der Waals surface area contributed by atoms with Crippen LogP contribution in [0.2, 0.25) is 18.1 Å². The third-order valence-corrected chi connectivity index (χ3v) is 11.6. The Balaban J connectivity index is 1.85. The number of fused-ring (bicyclic) bond motifs is 2. The first kappa shape index (κ1) is 21.7. The second-order valence-electron chi connectivity index (χ2n) is 10.4. The van der Waals surface area contributed by atoms with Crippen LogP contribution in [0.15, 0.2) is 30.3 Å². The number of carbonyl (C=O) groups excluding carboxylic acids is 1. The van der Waals surface area contributed by atoms with Crippen molar-refractivity contribution in [3.05, 3.63) is 35.9 Å². The minimum Gasteiger partial charge on any atom is -0.408 e. The standard InChI is InChI=1S/C23H38N2O2Si/c1-17(25-15-19-13-24(5)14-20(16-25)21(19)26)22(18-11-9-8-10-12-18)27-28(6,7)23(2,3)4/h8-12,17,19-20,22H,13-16H2,1-7H3/t17-,19-,20+,22-/m0/s1. The molecule has 2 saturated heterocycles. The number of benzene rings is 1. The quantitative estimate of drug-likeness (QED) is 0.691. The second kappa shape index (κ2) is 8.02. The molecule has 28 heavy (non-hydrogen) atoms. The van der Waals surface area contributed by atoms with Crippen molar-refractivity contribution in [3.63, 3.8) is 0 Å². The van der Waals surface area contributed by atoms with E-state index in [0.717, 1.165) is 26.2 Å². The van der Waals surface area contributed by atoms with Crippen molar-refractivity contribution in [2.24, 2.45) is 11.8 Å². The average molecular weight is 403 g/mol. The lowest BCUT2D eigenvalue weighted by Gasteiger charge is -2.48. The predicted molar refractivity (Wildman–Crippen MR) is 118 cm³/mol. The van der Waals surface area contributed by atoms with Crippen LogP contribution in [0, 0.1) is 11.8 Å². The number of hydrogen-bond acceptors (Lipinski definition) is 4. The number of piperidine rings is 2. The fraction of sp³-hybridized carbons (Fsp3) is 0.696. The van der Waals surface area contributed by atoms with Crippen LogP contribution < -0.4 is 0 Å². The third-order valence-electron chi connectivity index (χ3n) is 7.15. The molecule has 2 fully saturated rings. The van der Waals surface area contributed by atoms with E-state index in [4.69, 9.17) is 4.43 Å². The maximum atomic E-state index is 12.6. The van der Waals surface area contributed by atoms with Crippen molar-refractivity contribution in [1.29, 1.82) is 0 Å². The van der Waals surface area contributed by atoms with Crippen LogP contribution in [0.5, 0.6) is 0 Å². The molecular formula is C23H38N2O2Si. The van der Waals surface area contributed by atoms with Gasteiger partial charge in [0.05, 0.1) is 6.10 Å². The van der Waals surface area contributed by atoms with Crippen molar-refractivity contribution < 1.29 is 9.22 Å². The second-order valence-corrected chi connectivity index (χ2v) is 15.2. The number of carbonyl (C=O) groups is 1. The van der Waals surface area contributed by atoms with E-state index in [0.29, 0.717) is 5.78 Å². The first-order valence-corrected chi connectivity index (χ1v) is 13.6. The van der Waals surface area contributed by atoms with E-state index in [1.165, 1.54) is 5.56 Å². The molecule has 0 radical (unpaired) electrons. The van der Waals surface area contributed by atoms with Crippen molar-refractivity contribution in [2.75, 3.05) is 33.2 Å². The molecule has 3 rings (SSSR count). The highest BCUT2D eigenvalue weighted by Gasteiger charge is 2.45. The van der Waals surface area contributed by atoms with Gasteiger partial charge in [-0.25, -0.2) is 0 Å². The summed E-state index contributed by atoms with van der Waals surface area (Å²) >= 11 is 0. The number of likely N-dealkylation sites (tertiary alicyclic amines) is 2. The summed E-state index contributed by atoms with van der Waals surface area (Å²) in [6, 6.07) is 10.9. The predicted octanol–water partition coefficient (Wildman–Crippen LogP) is 4.20. The van der Waals surface area contributed by atoms with Gasteiger partial charge >= 0.3 is 0 Å². The van der Waals surface area contributed by atoms with Crippen molar-refractivity contribution in [2.45, 2.75) is 58.0 Å². The Hall–Kier alpha value is -1.01. The molecule has 4 atom stereocenters. The van der Waals surface area contributed by atoms with Gasteiger partial charge in [0.25, 0.3) is 0 Å². The van der Waals surface area contributed by atoms with Gasteiger partial charge in [-0.05, 0) is 37.7 Å². The van der Waals surface area contributed by atoms with Crippen molar-refractivity contribution >= 4 is 14.1 Å². The maximum absolute atomic E-state index is 12.6. The van der Waals surface area contributed by atoms with Crippen LogP contribution in [0.1, 0.15) is 39.4 Å². The molecule has 0 amide bonds. The summed E-state index contributed by atoms with van der Waals surface area (Å²) in [6.07, 6.45) is 0.0359. The number of nitrogens with zero attached hydrogens (tertiary/aromatic N) is 2. The van der Waals surface area contributed by atoms with Crippen LogP contribution in [-0.2, 0) is 9.22 Å². The van der Waals surface area contributed by atoms with Crippen molar-refractivity contribution in [1.82, 2.24) is 9.80 Å². The SMILES string of the molecule is C[C@@H]([C@H](O[Si](C)(C)C(C)(C)C)c1ccccc1)N1C[C@H]2CN(C)C[C@@H](C1)C2=O. The van der Waals surface area contributed by atoms with Gasteiger partial charge in [0.2, 0.25) is 0 Å². The zero-order chi connectivity index (χ0) is 20.7. The van der Waals surface area contributed by atoms with Crippen LogP contribution in [0.3, 0.4) is 0 Å². The highest BCUT2D eigenvalue weighted by Crippen LogP contribution is 2.41. The molecule has 0 aliphatic carbocycles. The van der Waals surface area contributed by atoms with Gasteiger partial charge in [0.1, 0.15) is 5.78 Å². The van der Waals surface area contributed by atoms with E-state index in [1.54, 1.807) is 0 Å². The molecule has 2 bridgehead atoms. The molecule has 0 unspecified atom stereocenters. The molecule has 0 saturated carbocycles. The Kier molecular flexibility index (Phi) is 6.21. The Bertz CT molecular complexity index is 668. The van der Waals surface area contributed by atoms with E-state index in [2.05, 4.69) is 88.0 Å². The van der Waals surface area contributed by atoms with E-state index in [-0.39, 0.29) is 29.0 Å². The van der Waals surface area contributed by atoms with Gasteiger partial charge in [-0.3, -0.25) is 9.69 Å². The van der Waals surface area contributed by atoms with Gasteiger partial charge in [-0.2, -0.15) is 0 Å². The lowest BCUT2D eigenvalue weighted by molar-refractivity contribution is -0.138. The molecule has 4 nitrogen and oxygen atoms in total. The van der Waals surface area contributed by atoms with Crippen LogP contribution in [0.25, 0.3) is 0 Å². The maximum Gasteiger partial charge on any atom is 0.192 e. The van der Waals surface area contributed by atoms with Crippen LogP contribution in [0.4, 0.5) is 0 Å². The monoisotopic (exact) mass is 402 g/mol. The summed E-state index contributed by atoms with van der Waals surface area (Å²) in [7, 11) is 0.206. The molecule has 156 valence electrons. The molecule has 2 aliphatic rings. The van der Waals surface area contributed by atoms with Gasteiger partial charge < -0.3 is 9.33 Å². The number of hydrogen-bond donors (Lipinski definition) is 0. The first-order chi connectivity index (χ1) is 13.0. The first-order valence-electron chi connectivity index (χ1n) is 10.7. The lowest BCUT2D eigenvalue weighted by atomic mass is 9.82. The molecule has 0 N–H and O–H groups in total. The Morgan fingerprint density at radius 2 is 1.57 bits per heavy atom. The lowest BCUT2D eigenvalue weighted by Crippen LogP contribution is -2.60. The van der Waals surface area contributed by atoms with Gasteiger partial charge in [-0.1, -0.05) is 51.1 Å². The van der Waals surface area contributed by atoms with Crippen LogP contribution >= 0.6 is 0 Å². The molecule has 0 aromatic heterocycles. The Morgan fingerprint density at radius 1 is 1.04 bits per heavy atom. The zero-order valence-corrected chi connectivity index (χ0v) is 19.7. The summed E-state index contributed by atoms with van der Waals surface area (Å²) in [5.74, 6) is 0.761. The van der Waals surface area contributed by atoms with E-state index in [9.17, 15) is 4.79 Å². The van der Waals surface area contributed by atoms with E-state index < -0.39 is 8.32 Å². The fourth-order valence-corrected chi connectivity index (χ4v) is 5.70. The Labute approximate surface area is 172 Å². The largest absolute Gasteiger partial charge is 0.408 e. The average Bonchev–Trinajstić information content (AvgIpc) is 2.60. The van der Waals surface area contributed by atoms with E-state index >= 15 is 0 Å². The smallest absolute Gasteiger partial charge is 0.192 e. The molecule has 2 aliphatic heterocycles. The summed E-state index contributed by atoms with van der Waals surface area (Å²) in [5, 5.41) is 0.164. The van der Waals surface area contributed by atoms with Crippen molar-refractivity contribution in [3.8, 4) is 0 Å². The number of ketones is 1. The molecule has 2 heterocycles. The van der Waals surface area contributed by atoms with E-state index in [1.807, 2.05) is 0 Å². The summed E-state index contributed by atoms with van der Waals surface area (Å²) < 4.78 is 6.98. The molecule has 1 aromatic carbocycles. The summed E-state index contributed by atoms with van der Waals surface area (Å²) in [6.45, 7) is 17.3. The summed E-state index contributed by atoms with van der Waals surface area (Å²) in [5.41, 5.74) is 1.25.